The summed E-state index contributed by atoms with van der Waals surface area (Å²) in [6.45, 7) is 4.03. The summed E-state index contributed by atoms with van der Waals surface area (Å²) in [6, 6.07) is 16.4. The smallest absolute Gasteiger partial charge is 0.221 e. The predicted octanol–water partition coefficient (Wildman–Crippen LogP) is 3.26. The summed E-state index contributed by atoms with van der Waals surface area (Å²) < 4.78 is 25.3. The highest BCUT2D eigenvalue weighted by Crippen LogP contribution is 2.16. The second-order valence-corrected chi connectivity index (χ2v) is 8.81. The van der Waals surface area contributed by atoms with E-state index in [1.807, 2.05) is 30.3 Å². The van der Waals surface area contributed by atoms with Crippen molar-refractivity contribution in [3.63, 3.8) is 0 Å². The summed E-state index contributed by atoms with van der Waals surface area (Å²) in [6.07, 6.45) is -0.0458. The van der Waals surface area contributed by atoms with E-state index in [0.29, 0.717) is 13.1 Å². The number of amides is 1. The number of hydrogen-bond donors (Lipinski definition) is 1. The average Bonchev–Trinajstić information content (AvgIpc) is 2.65. The van der Waals surface area contributed by atoms with E-state index in [2.05, 4.69) is 33.1 Å². The Balaban J connectivity index is 1.79. The molecule has 5 nitrogen and oxygen atoms in total. The maximum absolute atomic E-state index is 12.3. The molecule has 1 amide bonds. The lowest BCUT2D eigenvalue weighted by atomic mass is 10.3. The molecule has 0 aromatic heterocycles. The van der Waals surface area contributed by atoms with Crippen molar-refractivity contribution in [2.45, 2.75) is 18.2 Å². The molecule has 1 N–H and O–H groups in total. The lowest BCUT2D eigenvalue weighted by Crippen LogP contribution is -2.35. The van der Waals surface area contributed by atoms with E-state index in [-0.39, 0.29) is 23.0 Å². The first-order valence-electron chi connectivity index (χ1n) is 8.47. The van der Waals surface area contributed by atoms with Gasteiger partial charge in [0.2, 0.25) is 5.91 Å². The van der Waals surface area contributed by atoms with Crippen LogP contribution in [0, 0.1) is 0 Å². The third-order valence-corrected chi connectivity index (χ3v) is 6.24. The lowest BCUT2D eigenvalue weighted by Gasteiger charge is -2.23. The van der Waals surface area contributed by atoms with Crippen LogP contribution in [0.15, 0.2) is 64.0 Å². The standard InChI is InChI=1S/C19H23BrN2O3S/c1-2-22(17-6-4-3-5-7-17)14-13-21-19(23)12-15-26(24,25)18-10-8-16(20)9-11-18/h3-11H,2,12-15H2,1H3,(H,21,23). The summed E-state index contributed by atoms with van der Waals surface area (Å²) >= 11 is 3.27. The Morgan fingerprint density at radius 3 is 2.35 bits per heavy atom. The van der Waals surface area contributed by atoms with Crippen LogP contribution < -0.4 is 10.2 Å². The van der Waals surface area contributed by atoms with Gasteiger partial charge in [-0.25, -0.2) is 8.42 Å². The summed E-state index contributed by atoms with van der Waals surface area (Å²) in [5.74, 6) is -0.453. The normalized spacial score (nSPS) is 11.2. The first-order valence-corrected chi connectivity index (χ1v) is 10.9. The number of halogens is 1. The van der Waals surface area contributed by atoms with Crippen LogP contribution in [0.3, 0.4) is 0 Å². The van der Waals surface area contributed by atoms with Gasteiger partial charge in [-0.15, -0.1) is 0 Å². The van der Waals surface area contributed by atoms with Crippen LogP contribution in [0.2, 0.25) is 0 Å². The minimum atomic E-state index is -3.45. The van der Waals surface area contributed by atoms with E-state index < -0.39 is 9.84 Å². The second-order valence-electron chi connectivity index (χ2n) is 5.79. The molecule has 7 heteroatoms. The van der Waals surface area contributed by atoms with Gasteiger partial charge < -0.3 is 10.2 Å². The number of anilines is 1. The van der Waals surface area contributed by atoms with Crippen LogP contribution in [0.25, 0.3) is 0 Å². The summed E-state index contributed by atoms with van der Waals surface area (Å²) in [5.41, 5.74) is 1.10. The van der Waals surface area contributed by atoms with Crippen LogP contribution in [0.4, 0.5) is 5.69 Å². The van der Waals surface area contributed by atoms with E-state index in [1.165, 1.54) is 12.1 Å². The molecule has 0 aliphatic rings. The first kappa shape index (κ1) is 20.5. The van der Waals surface area contributed by atoms with Gasteiger partial charge in [0.15, 0.2) is 9.84 Å². The predicted molar refractivity (Wildman–Crippen MR) is 108 cm³/mol. The quantitative estimate of drug-likeness (QED) is 0.652. The highest BCUT2D eigenvalue weighted by atomic mass is 79.9. The van der Waals surface area contributed by atoms with Crippen molar-refractivity contribution in [2.75, 3.05) is 30.3 Å². The molecule has 0 bridgehead atoms. The van der Waals surface area contributed by atoms with Crippen molar-refractivity contribution < 1.29 is 13.2 Å². The number of carbonyl (C=O) groups excluding carboxylic acids is 1. The Morgan fingerprint density at radius 2 is 1.73 bits per heavy atom. The minimum absolute atomic E-state index is 0.0458. The van der Waals surface area contributed by atoms with Crippen molar-refractivity contribution in [3.05, 3.63) is 59.1 Å². The molecule has 0 aliphatic heterocycles. The summed E-state index contributed by atoms with van der Waals surface area (Å²) in [5, 5.41) is 2.80. The maximum atomic E-state index is 12.3. The molecule has 26 heavy (non-hydrogen) atoms. The second kappa shape index (κ2) is 9.73. The number of rotatable bonds is 9. The highest BCUT2D eigenvalue weighted by molar-refractivity contribution is 9.10. The van der Waals surface area contributed by atoms with Crippen molar-refractivity contribution in [1.29, 1.82) is 0 Å². The van der Waals surface area contributed by atoms with E-state index in [9.17, 15) is 13.2 Å². The van der Waals surface area contributed by atoms with Crippen LogP contribution in [0.5, 0.6) is 0 Å². The van der Waals surface area contributed by atoms with Crippen LogP contribution in [0.1, 0.15) is 13.3 Å². The van der Waals surface area contributed by atoms with E-state index in [0.717, 1.165) is 16.7 Å². The third-order valence-electron chi connectivity index (χ3n) is 3.98. The number of carbonyl (C=O) groups is 1. The van der Waals surface area contributed by atoms with Gasteiger partial charge in [0.05, 0.1) is 10.6 Å². The number of hydrogen-bond acceptors (Lipinski definition) is 4. The number of sulfone groups is 1. The Kier molecular flexibility index (Phi) is 7.66. The zero-order valence-corrected chi connectivity index (χ0v) is 17.1. The fourth-order valence-electron chi connectivity index (χ4n) is 2.51. The highest BCUT2D eigenvalue weighted by Gasteiger charge is 2.16. The molecule has 0 atom stereocenters. The molecule has 0 aliphatic carbocycles. The first-order chi connectivity index (χ1) is 12.4. The summed E-state index contributed by atoms with van der Waals surface area (Å²) in [4.78, 5) is 14.4. The van der Waals surface area contributed by atoms with E-state index >= 15 is 0 Å². The van der Waals surface area contributed by atoms with Gasteiger partial charge in [0.1, 0.15) is 0 Å². The third kappa shape index (κ3) is 6.14. The lowest BCUT2D eigenvalue weighted by molar-refractivity contribution is -0.120. The molecule has 0 radical (unpaired) electrons. The van der Waals surface area contributed by atoms with E-state index in [1.54, 1.807) is 12.1 Å². The molecule has 0 fully saturated rings. The molecule has 0 heterocycles. The Labute approximate surface area is 163 Å². The number of para-hydroxylation sites is 1. The zero-order chi connectivity index (χ0) is 19.0. The monoisotopic (exact) mass is 438 g/mol. The zero-order valence-electron chi connectivity index (χ0n) is 14.7. The van der Waals surface area contributed by atoms with Crippen LogP contribution >= 0.6 is 15.9 Å². The van der Waals surface area contributed by atoms with Gasteiger partial charge in [0, 0.05) is 36.2 Å². The molecule has 2 aromatic carbocycles. The van der Waals surface area contributed by atoms with Gasteiger partial charge in [-0.1, -0.05) is 34.1 Å². The fraction of sp³-hybridized carbons (Fsp3) is 0.316. The fourth-order valence-corrected chi connectivity index (χ4v) is 4.02. The summed E-state index contributed by atoms with van der Waals surface area (Å²) in [7, 11) is -3.45. The number of nitrogens with zero attached hydrogens (tertiary/aromatic N) is 1. The van der Waals surface area contributed by atoms with E-state index in [4.69, 9.17) is 0 Å². The Morgan fingerprint density at radius 1 is 1.08 bits per heavy atom. The van der Waals surface area contributed by atoms with Gasteiger partial charge in [0.25, 0.3) is 0 Å². The van der Waals surface area contributed by atoms with Crippen LogP contribution in [-0.2, 0) is 14.6 Å². The van der Waals surface area contributed by atoms with Gasteiger partial charge in [-0.3, -0.25) is 4.79 Å². The largest absolute Gasteiger partial charge is 0.370 e. The number of likely N-dealkylation sites (N-methyl/N-ethyl adjacent to an activating group) is 1. The van der Waals surface area contributed by atoms with Crippen molar-refractivity contribution in [1.82, 2.24) is 5.32 Å². The van der Waals surface area contributed by atoms with Crippen molar-refractivity contribution in [2.24, 2.45) is 0 Å². The molecule has 2 aromatic rings. The van der Waals surface area contributed by atoms with Gasteiger partial charge >= 0.3 is 0 Å². The van der Waals surface area contributed by atoms with Gasteiger partial charge in [-0.05, 0) is 43.3 Å². The molecule has 140 valence electrons. The molecule has 0 saturated heterocycles. The maximum Gasteiger partial charge on any atom is 0.221 e. The molecule has 0 spiro atoms. The van der Waals surface area contributed by atoms with Crippen molar-refractivity contribution >= 4 is 37.4 Å². The average molecular weight is 439 g/mol. The number of benzene rings is 2. The Hall–Kier alpha value is -1.86. The molecule has 2 rings (SSSR count). The SMILES string of the molecule is CCN(CCNC(=O)CCS(=O)(=O)c1ccc(Br)cc1)c1ccccc1. The molecular formula is C19H23BrN2O3S. The van der Waals surface area contributed by atoms with Crippen molar-refractivity contribution in [3.8, 4) is 0 Å². The molecule has 0 saturated carbocycles. The molecular weight excluding hydrogens is 416 g/mol. The Bertz CT molecular complexity index is 808. The minimum Gasteiger partial charge on any atom is -0.370 e. The molecule has 0 unspecified atom stereocenters. The topological polar surface area (TPSA) is 66.5 Å². The van der Waals surface area contributed by atoms with Crippen LogP contribution in [-0.4, -0.2) is 39.7 Å². The van der Waals surface area contributed by atoms with Gasteiger partial charge in [-0.2, -0.15) is 0 Å². The number of nitrogens with one attached hydrogen (secondary N) is 1.